The third-order valence-electron chi connectivity index (χ3n) is 2.04. The molecule has 1 rings (SSSR count). The zero-order chi connectivity index (χ0) is 12.3. The summed E-state index contributed by atoms with van der Waals surface area (Å²) >= 11 is 8.95. The molecule has 0 aliphatic carbocycles. The molecule has 16 heavy (non-hydrogen) atoms. The minimum absolute atomic E-state index is 0.152. The Balaban J connectivity index is 2.86. The minimum Gasteiger partial charge on any atom is -0.346 e. The van der Waals surface area contributed by atoms with Crippen LogP contribution in [-0.2, 0) is 0 Å². The summed E-state index contributed by atoms with van der Waals surface area (Å²) in [5.74, 6) is -0.152. The van der Waals surface area contributed by atoms with Gasteiger partial charge in [0.15, 0.2) is 0 Å². The average Bonchev–Trinajstić information content (AvgIpc) is 2.56. The molecule has 1 aromatic heterocycles. The second-order valence-electron chi connectivity index (χ2n) is 3.74. The normalized spacial score (nSPS) is 10.6. The minimum atomic E-state index is -0.152. The van der Waals surface area contributed by atoms with Gasteiger partial charge in [-0.2, -0.15) is 0 Å². The Morgan fingerprint density at radius 2 is 2.31 bits per heavy atom. The smallest absolute Gasteiger partial charge is 0.268 e. The van der Waals surface area contributed by atoms with Crippen molar-refractivity contribution < 1.29 is 4.79 Å². The van der Waals surface area contributed by atoms with Gasteiger partial charge in [0.25, 0.3) is 5.91 Å². The van der Waals surface area contributed by atoms with Crippen molar-refractivity contribution in [2.24, 2.45) is 0 Å². The molecule has 0 unspecified atom stereocenters. The average molecular weight is 306 g/mol. The molecule has 0 aliphatic rings. The van der Waals surface area contributed by atoms with Crippen LogP contribution in [0.1, 0.15) is 30.4 Å². The molecular formula is C11H14BrClN2O. The number of amides is 1. The molecule has 1 amide bonds. The van der Waals surface area contributed by atoms with Crippen molar-refractivity contribution in [3.8, 4) is 0 Å². The van der Waals surface area contributed by atoms with E-state index in [1.807, 2.05) is 24.6 Å². The van der Waals surface area contributed by atoms with Crippen LogP contribution in [-0.4, -0.2) is 17.0 Å². The zero-order valence-corrected chi connectivity index (χ0v) is 11.6. The number of carbonyl (C=O) groups excluding carboxylic acids is 1. The van der Waals surface area contributed by atoms with E-state index in [2.05, 4.69) is 27.8 Å². The number of carbonyl (C=O) groups is 1. The first-order valence-electron chi connectivity index (χ1n) is 4.90. The number of hydrogen-bond donors (Lipinski definition) is 1. The first-order chi connectivity index (χ1) is 7.41. The Morgan fingerprint density at radius 1 is 1.69 bits per heavy atom. The zero-order valence-electron chi connectivity index (χ0n) is 9.26. The van der Waals surface area contributed by atoms with Gasteiger partial charge in [0, 0.05) is 21.7 Å². The summed E-state index contributed by atoms with van der Waals surface area (Å²) in [6.45, 7) is 7.83. The van der Waals surface area contributed by atoms with Gasteiger partial charge in [0.1, 0.15) is 5.69 Å². The van der Waals surface area contributed by atoms with Crippen LogP contribution in [0.3, 0.4) is 0 Å². The van der Waals surface area contributed by atoms with Gasteiger partial charge in [0.05, 0.1) is 6.54 Å². The summed E-state index contributed by atoms with van der Waals surface area (Å²) in [4.78, 5) is 11.8. The fraction of sp³-hybridized carbons (Fsp3) is 0.364. The Kier molecular flexibility index (Phi) is 4.62. The van der Waals surface area contributed by atoms with Gasteiger partial charge in [-0.3, -0.25) is 4.79 Å². The van der Waals surface area contributed by atoms with Gasteiger partial charge in [-0.1, -0.05) is 18.2 Å². The van der Waals surface area contributed by atoms with E-state index in [4.69, 9.17) is 11.6 Å². The topological polar surface area (TPSA) is 34.0 Å². The maximum absolute atomic E-state index is 11.8. The Hall–Kier alpha value is -0.740. The Labute approximate surface area is 109 Å². The van der Waals surface area contributed by atoms with Gasteiger partial charge in [-0.15, -0.1) is 0 Å². The summed E-state index contributed by atoms with van der Waals surface area (Å²) in [7, 11) is 0. The van der Waals surface area contributed by atoms with Gasteiger partial charge >= 0.3 is 0 Å². The molecule has 0 aliphatic heterocycles. The molecule has 0 aromatic carbocycles. The van der Waals surface area contributed by atoms with E-state index < -0.39 is 0 Å². The lowest BCUT2D eigenvalue weighted by Crippen LogP contribution is -2.27. The van der Waals surface area contributed by atoms with E-state index in [0.717, 1.165) is 4.47 Å². The molecule has 0 bridgehead atoms. The van der Waals surface area contributed by atoms with E-state index in [1.165, 1.54) is 0 Å². The maximum atomic E-state index is 11.8. The van der Waals surface area contributed by atoms with Gasteiger partial charge in [-0.05, 0) is 35.8 Å². The van der Waals surface area contributed by atoms with E-state index in [9.17, 15) is 4.79 Å². The predicted molar refractivity (Wildman–Crippen MR) is 69.8 cm³/mol. The molecule has 0 saturated heterocycles. The Morgan fingerprint density at radius 3 is 2.81 bits per heavy atom. The summed E-state index contributed by atoms with van der Waals surface area (Å²) in [5, 5.41) is 3.11. The van der Waals surface area contributed by atoms with E-state index in [0.29, 0.717) is 10.7 Å². The third kappa shape index (κ3) is 3.39. The van der Waals surface area contributed by atoms with Crippen LogP contribution in [0, 0.1) is 0 Å². The number of hydrogen-bond acceptors (Lipinski definition) is 1. The van der Waals surface area contributed by atoms with Crippen molar-refractivity contribution in [1.82, 2.24) is 9.88 Å². The van der Waals surface area contributed by atoms with E-state index >= 15 is 0 Å². The molecule has 0 atom stereocenters. The van der Waals surface area contributed by atoms with Crippen LogP contribution >= 0.6 is 27.5 Å². The molecule has 1 heterocycles. The second kappa shape index (κ2) is 5.55. The fourth-order valence-electron chi connectivity index (χ4n) is 1.32. The first-order valence-corrected chi connectivity index (χ1v) is 6.07. The number of nitrogens with one attached hydrogen (secondary N) is 1. The molecule has 3 nitrogen and oxygen atoms in total. The summed E-state index contributed by atoms with van der Waals surface area (Å²) < 4.78 is 2.78. The number of aromatic nitrogens is 1. The molecule has 5 heteroatoms. The second-order valence-corrected chi connectivity index (χ2v) is 5.19. The molecule has 0 spiro atoms. The van der Waals surface area contributed by atoms with Crippen LogP contribution in [0.4, 0.5) is 0 Å². The maximum Gasteiger partial charge on any atom is 0.268 e. The van der Waals surface area contributed by atoms with E-state index in [1.54, 1.807) is 6.07 Å². The number of halogens is 2. The van der Waals surface area contributed by atoms with Crippen LogP contribution in [0.2, 0.25) is 0 Å². The molecule has 0 saturated carbocycles. The van der Waals surface area contributed by atoms with Crippen LogP contribution in [0.5, 0.6) is 0 Å². The van der Waals surface area contributed by atoms with Gasteiger partial charge in [-0.25, -0.2) is 0 Å². The molecule has 88 valence electrons. The van der Waals surface area contributed by atoms with E-state index in [-0.39, 0.29) is 18.5 Å². The van der Waals surface area contributed by atoms with Crippen molar-refractivity contribution in [3.63, 3.8) is 0 Å². The van der Waals surface area contributed by atoms with Gasteiger partial charge < -0.3 is 9.88 Å². The first kappa shape index (κ1) is 13.3. The van der Waals surface area contributed by atoms with Crippen molar-refractivity contribution in [1.29, 1.82) is 0 Å². The number of rotatable bonds is 4. The molecule has 1 aromatic rings. The SMILES string of the molecule is C=C(Cl)CNC(=O)c1cc(Br)cn1C(C)C. The van der Waals surface area contributed by atoms with Crippen molar-refractivity contribution in [2.45, 2.75) is 19.9 Å². The molecular weight excluding hydrogens is 291 g/mol. The van der Waals surface area contributed by atoms with Crippen LogP contribution < -0.4 is 5.32 Å². The van der Waals surface area contributed by atoms with Gasteiger partial charge in [0.2, 0.25) is 0 Å². The summed E-state index contributed by atoms with van der Waals surface area (Å²) in [6, 6.07) is 2.01. The van der Waals surface area contributed by atoms with Crippen LogP contribution in [0.15, 0.2) is 28.3 Å². The predicted octanol–water partition coefficient (Wildman–Crippen LogP) is 3.31. The third-order valence-corrected chi connectivity index (χ3v) is 2.61. The highest BCUT2D eigenvalue weighted by atomic mass is 79.9. The standard InChI is InChI=1S/C11H14BrClN2O/c1-7(2)15-6-9(12)4-10(15)11(16)14-5-8(3)13/h4,6-7H,3,5H2,1-2H3,(H,14,16). The largest absolute Gasteiger partial charge is 0.346 e. The Bertz CT molecular complexity index is 412. The monoisotopic (exact) mass is 304 g/mol. The highest BCUT2D eigenvalue weighted by molar-refractivity contribution is 9.10. The molecule has 0 fully saturated rings. The summed E-state index contributed by atoms with van der Waals surface area (Å²) in [6.07, 6.45) is 1.88. The highest BCUT2D eigenvalue weighted by Crippen LogP contribution is 2.19. The lowest BCUT2D eigenvalue weighted by atomic mass is 10.3. The quantitative estimate of drug-likeness (QED) is 0.910. The molecule has 0 radical (unpaired) electrons. The summed E-state index contributed by atoms with van der Waals surface area (Å²) in [5.41, 5.74) is 0.611. The lowest BCUT2D eigenvalue weighted by molar-refractivity contribution is 0.0947. The highest BCUT2D eigenvalue weighted by Gasteiger charge is 2.14. The van der Waals surface area contributed by atoms with Crippen molar-refractivity contribution >= 4 is 33.4 Å². The van der Waals surface area contributed by atoms with Crippen molar-refractivity contribution in [2.75, 3.05) is 6.54 Å². The number of nitrogens with zero attached hydrogens (tertiary/aromatic N) is 1. The van der Waals surface area contributed by atoms with Crippen molar-refractivity contribution in [3.05, 3.63) is 34.0 Å². The van der Waals surface area contributed by atoms with Crippen LogP contribution in [0.25, 0.3) is 0 Å². The fourth-order valence-corrected chi connectivity index (χ4v) is 1.83. The lowest BCUT2D eigenvalue weighted by Gasteiger charge is -2.12. The molecule has 1 N–H and O–H groups in total.